The van der Waals surface area contributed by atoms with Crippen molar-refractivity contribution in [3.8, 4) is 0 Å². The molecule has 2 nitrogen and oxygen atoms in total. The standard InChI is InChI=1S/C14H18BFN2/c1-8-6-10(3)17-13(8)12(5)14-9(2)7-11(4)18(14)15-16/h6-7,17H,1-5H3/q+1. The Kier molecular flexibility index (Phi) is 3.29. The lowest BCUT2D eigenvalue weighted by Gasteiger charge is -2.06. The first-order valence-corrected chi connectivity index (χ1v) is 6.08. The van der Waals surface area contributed by atoms with Crippen molar-refractivity contribution in [3.05, 3.63) is 40.4 Å². The molecular weight excluding hydrogens is 226 g/mol. The van der Waals surface area contributed by atoms with Crippen molar-refractivity contribution < 1.29 is 8.80 Å². The van der Waals surface area contributed by atoms with Gasteiger partial charge in [-0.1, -0.05) is 0 Å². The van der Waals surface area contributed by atoms with Gasteiger partial charge in [0.15, 0.2) is 11.4 Å². The number of allylic oxidation sites excluding steroid dienone is 3. The maximum atomic E-state index is 13.1. The van der Waals surface area contributed by atoms with E-state index in [2.05, 4.69) is 18.0 Å². The van der Waals surface area contributed by atoms with E-state index in [1.807, 2.05) is 33.8 Å². The maximum Gasteiger partial charge on any atom is 0.792 e. The summed E-state index contributed by atoms with van der Waals surface area (Å²) in [4.78, 5) is 3.34. The van der Waals surface area contributed by atoms with Crippen LogP contribution in [0.25, 0.3) is 5.57 Å². The van der Waals surface area contributed by atoms with E-state index in [1.54, 1.807) is 4.49 Å². The second kappa shape index (κ2) is 4.60. The number of rotatable bonds is 2. The zero-order valence-corrected chi connectivity index (χ0v) is 11.6. The fourth-order valence-electron chi connectivity index (χ4n) is 2.66. The minimum atomic E-state index is 0.631. The van der Waals surface area contributed by atoms with E-state index >= 15 is 0 Å². The maximum absolute atomic E-state index is 13.1. The average Bonchev–Trinajstić information content (AvgIpc) is 2.77. The molecule has 2 rings (SSSR count). The zero-order chi connectivity index (χ0) is 13.4. The minimum Gasteiger partial charge on any atom is -0.359 e. The molecule has 0 saturated carbocycles. The number of aryl methyl sites for hydroxylation is 2. The number of H-pyrrole nitrogens is 1. The molecule has 93 valence electrons. The number of hydrogen-bond donors (Lipinski definition) is 1. The van der Waals surface area contributed by atoms with Crippen molar-refractivity contribution in [1.29, 1.82) is 0 Å². The van der Waals surface area contributed by atoms with Gasteiger partial charge in [-0.05, 0) is 39.3 Å². The first kappa shape index (κ1) is 12.9. The Bertz CT molecular complexity index is 591. The molecule has 1 radical (unpaired) electrons. The number of halogens is 1. The van der Waals surface area contributed by atoms with Crippen LogP contribution in [-0.2, 0) is 0 Å². The van der Waals surface area contributed by atoms with Gasteiger partial charge in [0.2, 0.25) is 0 Å². The van der Waals surface area contributed by atoms with E-state index in [0.717, 1.165) is 33.9 Å². The predicted molar refractivity (Wildman–Crippen MR) is 74.4 cm³/mol. The average molecular weight is 244 g/mol. The molecule has 1 aliphatic heterocycles. The number of nitrogens with zero attached hydrogens (tertiary/aromatic N) is 1. The third kappa shape index (κ3) is 1.96. The first-order chi connectivity index (χ1) is 8.45. The van der Waals surface area contributed by atoms with Crippen LogP contribution in [0.1, 0.15) is 37.7 Å². The normalized spacial score (nSPS) is 18.2. The highest BCUT2D eigenvalue weighted by Crippen LogP contribution is 2.29. The second-order valence-electron chi connectivity index (χ2n) is 4.92. The van der Waals surface area contributed by atoms with Crippen LogP contribution < -0.4 is 0 Å². The molecule has 18 heavy (non-hydrogen) atoms. The monoisotopic (exact) mass is 244 g/mol. The molecule has 0 spiro atoms. The molecule has 0 aliphatic carbocycles. The molecule has 0 fully saturated rings. The molecule has 0 bridgehead atoms. The highest BCUT2D eigenvalue weighted by Gasteiger charge is 2.30. The summed E-state index contributed by atoms with van der Waals surface area (Å²) in [6.07, 6.45) is 2.00. The first-order valence-electron chi connectivity index (χ1n) is 6.08. The fourth-order valence-corrected chi connectivity index (χ4v) is 2.66. The molecule has 0 unspecified atom stereocenters. The predicted octanol–water partition coefficient (Wildman–Crippen LogP) is 3.30. The van der Waals surface area contributed by atoms with Gasteiger partial charge in [-0.15, -0.1) is 0 Å². The molecule has 1 aromatic rings. The Morgan fingerprint density at radius 3 is 2.44 bits per heavy atom. The van der Waals surface area contributed by atoms with Crippen LogP contribution in [0.3, 0.4) is 0 Å². The van der Waals surface area contributed by atoms with Gasteiger partial charge in [0.1, 0.15) is 0 Å². The number of aromatic nitrogens is 1. The number of aromatic amines is 1. The molecule has 1 aromatic heterocycles. The van der Waals surface area contributed by atoms with E-state index in [-0.39, 0.29) is 0 Å². The summed E-state index contributed by atoms with van der Waals surface area (Å²) in [6.45, 7) is 10.0. The molecule has 0 amide bonds. The van der Waals surface area contributed by atoms with Gasteiger partial charge in [0.25, 0.3) is 0 Å². The summed E-state index contributed by atoms with van der Waals surface area (Å²) in [5.74, 6) is 0. The zero-order valence-electron chi connectivity index (χ0n) is 11.6. The molecule has 4 heteroatoms. The van der Waals surface area contributed by atoms with E-state index in [0.29, 0.717) is 7.69 Å². The Hall–Kier alpha value is -1.58. The van der Waals surface area contributed by atoms with Crippen LogP contribution in [0.4, 0.5) is 4.32 Å². The highest BCUT2D eigenvalue weighted by molar-refractivity contribution is 6.19. The summed E-state index contributed by atoms with van der Waals surface area (Å²) in [6, 6.07) is 2.10. The van der Waals surface area contributed by atoms with Crippen LogP contribution >= 0.6 is 0 Å². The van der Waals surface area contributed by atoms with Crippen molar-refractivity contribution in [2.75, 3.05) is 0 Å². The molecule has 0 aromatic carbocycles. The van der Waals surface area contributed by atoms with Crippen LogP contribution in [0.2, 0.25) is 0 Å². The van der Waals surface area contributed by atoms with Crippen LogP contribution in [0.5, 0.6) is 0 Å². The number of nitrogens with one attached hydrogen (secondary N) is 1. The van der Waals surface area contributed by atoms with Gasteiger partial charge in [0, 0.05) is 29.8 Å². The van der Waals surface area contributed by atoms with Crippen molar-refractivity contribution in [1.82, 2.24) is 4.98 Å². The Labute approximate surface area is 108 Å². The smallest absolute Gasteiger partial charge is 0.359 e. The van der Waals surface area contributed by atoms with Gasteiger partial charge < -0.3 is 4.98 Å². The molecule has 2 heterocycles. The largest absolute Gasteiger partial charge is 0.792 e. The summed E-state index contributed by atoms with van der Waals surface area (Å²) < 4.78 is 14.7. The third-order valence-electron chi connectivity index (χ3n) is 3.40. The topological polar surface area (TPSA) is 18.8 Å². The third-order valence-corrected chi connectivity index (χ3v) is 3.40. The molecule has 0 saturated heterocycles. The van der Waals surface area contributed by atoms with E-state index in [4.69, 9.17) is 0 Å². The van der Waals surface area contributed by atoms with Crippen molar-refractivity contribution in [3.63, 3.8) is 0 Å². The van der Waals surface area contributed by atoms with Crippen molar-refractivity contribution in [2.45, 2.75) is 34.6 Å². The Morgan fingerprint density at radius 1 is 1.28 bits per heavy atom. The van der Waals surface area contributed by atoms with Gasteiger partial charge in [-0.3, -0.25) is 0 Å². The number of hydrogen-bond acceptors (Lipinski definition) is 0. The summed E-state index contributed by atoms with van der Waals surface area (Å²) in [5, 5.41) is 0. The quantitative estimate of drug-likeness (QED) is 0.770. The van der Waals surface area contributed by atoms with Gasteiger partial charge in [0.05, 0.1) is 5.69 Å². The van der Waals surface area contributed by atoms with E-state index in [1.165, 1.54) is 5.56 Å². The van der Waals surface area contributed by atoms with E-state index < -0.39 is 0 Å². The SMILES string of the molecule is CC1=CC(C)=[N+]([B]F)/C1=C(/C)c1[nH]c(C)cc1C. The molecular formula is C14H18BFN2+. The summed E-state index contributed by atoms with van der Waals surface area (Å²) >= 11 is 0. The van der Waals surface area contributed by atoms with Gasteiger partial charge in [-0.25, -0.2) is 8.80 Å². The summed E-state index contributed by atoms with van der Waals surface area (Å²) in [5.41, 5.74) is 7.39. The minimum absolute atomic E-state index is 0.631. The molecule has 1 N–H and O–H groups in total. The van der Waals surface area contributed by atoms with Gasteiger partial charge >= 0.3 is 7.69 Å². The molecule has 0 atom stereocenters. The Balaban J connectivity index is 2.61. The van der Waals surface area contributed by atoms with E-state index in [9.17, 15) is 4.32 Å². The van der Waals surface area contributed by atoms with Crippen LogP contribution in [-0.4, -0.2) is 22.9 Å². The lowest BCUT2D eigenvalue weighted by molar-refractivity contribution is -0.320. The fraction of sp³-hybridized carbons (Fsp3) is 0.357. The van der Waals surface area contributed by atoms with Crippen LogP contribution in [0.15, 0.2) is 23.4 Å². The lowest BCUT2D eigenvalue weighted by atomic mass is 10.0. The highest BCUT2D eigenvalue weighted by atomic mass is 19.1. The van der Waals surface area contributed by atoms with Crippen molar-refractivity contribution >= 4 is 19.0 Å². The van der Waals surface area contributed by atoms with Crippen LogP contribution in [0, 0.1) is 13.8 Å². The lowest BCUT2D eigenvalue weighted by Crippen LogP contribution is -2.16. The van der Waals surface area contributed by atoms with Gasteiger partial charge in [-0.2, -0.15) is 0 Å². The Morgan fingerprint density at radius 2 is 1.94 bits per heavy atom. The summed E-state index contributed by atoms with van der Waals surface area (Å²) in [7, 11) is 0.631. The van der Waals surface area contributed by atoms with Crippen molar-refractivity contribution in [2.24, 2.45) is 0 Å². The molecule has 1 aliphatic rings. The second-order valence-corrected chi connectivity index (χ2v) is 4.92.